The van der Waals surface area contributed by atoms with Crippen molar-refractivity contribution in [2.75, 3.05) is 0 Å². The molecule has 24 heavy (non-hydrogen) atoms. The highest BCUT2D eigenvalue weighted by molar-refractivity contribution is 7.21. The maximum Gasteiger partial charge on any atom is 0.287 e. The Bertz CT molecular complexity index is 979. The first-order chi connectivity index (χ1) is 11.7. The first-order valence-corrected chi connectivity index (χ1v) is 8.29. The summed E-state index contributed by atoms with van der Waals surface area (Å²) < 4.78 is 12.1. The monoisotopic (exact) mass is 338 g/mol. The van der Waals surface area contributed by atoms with Crippen LogP contribution in [0.3, 0.4) is 0 Å². The molecule has 0 radical (unpaired) electrons. The van der Waals surface area contributed by atoms with Crippen molar-refractivity contribution in [2.45, 2.75) is 13.5 Å². The van der Waals surface area contributed by atoms with Crippen LogP contribution in [-0.4, -0.2) is 10.9 Å². The number of nitrogens with one attached hydrogen (secondary N) is 1. The number of aryl methyl sites for hydroxylation is 1. The molecular formula is C18H14N2O3S. The molecule has 0 saturated heterocycles. The molecule has 0 atom stereocenters. The van der Waals surface area contributed by atoms with Crippen LogP contribution in [-0.2, 0) is 6.54 Å². The Labute approximate surface area is 141 Å². The van der Waals surface area contributed by atoms with Gasteiger partial charge in [-0.1, -0.05) is 12.1 Å². The van der Waals surface area contributed by atoms with E-state index in [0.717, 1.165) is 20.8 Å². The van der Waals surface area contributed by atoms with Gasteiger partial charge >= 0.3 is 0 Å². The third kappa shape index (κ3) is 2.72. The zero-order valence-corrected chi connectivity index (χ0v) is 13.7. The minimum Gasteiger partial charge on any atom is -0.459 e. The standard InChI is InChI=1S/C18H14N2O3S/c1-11-8-9-22-16(11)17(21)19-10-12-6-7-14(23-12)18-20-13-4-2-3-5-15(13)24-18/h2-9H,10H2,1H3,(H,19,21). The van der Waals surface area contributed by atoms with Crippen molar-refractivity contribution < 1.29 is 13.6 Å². The molecule has 0 fully saturated rings. The van der Waals surface area contributed by atoms with Crippen molar-refractivity contribution >= 4 is 27.5 Å². The number of aromatic nitrogens is 1. The van der Waals surface area contributed by atoms with Crippen LogP contribution in [0.15, 0.2) is 57.6 Å². The molecule has 4 aromatic rings. The summed E-state index contributed by atoms with van der Waals surface area (Å²) >= 11 is 1.58. The fourth-order valence-corrected chi connectivity index (χ4v) is 3.35. The number of amides is 1. The molecule has 1 amide bonds. The van der Waals surface area contributed by atoms with E-state index in [0.29, 0.717) is 23.8 Å². The van der Waals surface area contributed by atoms with Crippen molar-refractivity contribution in [1.82, 2.24) is 10.3 Å². The van der Waals surface area contributed by atoms with Gasteiger partial charge in [0.1, 0.15) is 5.76 Å². The van der Waals surface area contributed by atoms with E-state index >= 15 is 0 Å². The van der Waals surface area contributed by atoms with Gasteiger partial charge in [-0.25, -0.2) is 4.98 Å². The summed E-state index contributed by atoms with van der Waals surface area (Å²) in [5, 5.41) is 3.62. The summed E-state index contributed by atoms with van der Waals surface area (Å²) in [5.41, 5.74) is 1.76. The molecule has 0 saturated carbocycles. The van der Waals surface area contributed by atoms with Crippen LogP contribution in [0.25, 0.3) is 21.0 Å². The lowest BCUT2D eigenvalue weighted by molar-refractivity contribution is 0.0919. The zero-order chi connectivity index (χ0) is 16.5. The third-order valence-corrected chi connectivity index (χ3v) is 4.71. The summed E-state index contributed by atoms with van der Waals surface area (Å²) in [5.74, 6) is 1.44. The third-order valence-electron chi connectivity index (χ3n) is 3.66. The minimum absolute atomic E-state index is 0.254. The Hall–Kier alpha value is -2.86. The van der Waals surface area contributed by atoms with Crippen LogP contribution in [0.1, 0.15) is 21.9 Å². The topological polar surface area (TPSA) is 68.3 Å². The molecule has 5 nitrogen and oxygen atoms in total. The van der Waals surface area contributed by atoms with Gasteiger partial charge in [-0.3, -0.25) is 4.79 Å². The number of rotatable bonds is 4. The van der Waals surface area contributed by atoms with Crippen LogP contribution in [0.5, 0.6) is 0 Å². The molecule has 0 bridgehead atoms. The van der Waals surface area contributed by atoms with Crippen LogP contribution in [0, 0.1) is 6.92 Å². The number of nitrogens with zero attached hydrogens (tertiary/aromatic N) is 1. The quantitative estimate of drug-likeness (QED) is 0.599. The van der Waals surface area contributed by atoms with Crippen molar-refractivity contribution in [3.8, 4) is 10.8 Å². The summed E-state index contributed by atoms with van der Waals surface area (Å²) in [6.45, 7) is 2.13. The lowest BCUT2D eigenvalue weighted by Crippen LogP contribution is -2.22. The average Bonchev–Trinajstić information content (AvgIpc) is 3.31. The fraction of sp³-hybridized carbons (Fsp3) is 0.111. The van der Waals surface area contributed by atoms with Crippen LogP contribution in [0.2, 0.25) is 0 Å². The SMILES string of the molecule is Cc1ccoc1C(=O)NCc1ccc(-c2nc3ccccc3s2)o1. The van der Waals surface area contributed by atoms with Gasteiger partial charge in [0.15, 0.2) is 16.5 Å². The molecule has 120 valence electrons. The van der Waals surface area contributed by atoms with Crippen molar-refractivity contribution in [3.63, 3.8) is 0 Å². The molecule has 0 spiro atoms. The Kier molecular flexibility index (Phi) is 3.66. The molecule has 3 aromatic heterocycles. The maximum absolute atomic E-state index is 12.0. The second kappa shape index (κ2) is 5.98. The van der Waals surface area contributed by atoms with Gasteiger partial charge in [-0.2, -0.15) is 0 Å². The molecule has 3 heterocycles. The average molecular weight is 338 g/mol. The number of hydrogen-bond donors (Lipinski definition) is 1. The summed E-state index contributed by atoms with van der Waals surface area (Å²) in [4.78, 5) is 16.6. The van der Waals surface area contributed by atoms with Crippen LogP contribution in [0.4, 0.5) is 0 Å². The van der Waals surface area contributed by atoms with E-state index in [-0.39, 0.29) is 5.91 Å². The zero-order valence-electron chi connectivity index (χ0n) is 12.9. The van der Waals surface area contributed by atoms with Gasteiger partial charge in [0.2, 0.25) is 0 Å². The molecule has 1 aromatic carbocycles. The largest absolute Gasteiger partial charge is 0.459 e. The van der Waals surface area contributed by atoms with E-state index in [1.807, 2.05) is 43.3 Å². The van der Waals surface area contributed by atoms with E-state index in [4.69, 9.17) is 8.83 Å². The van der Waals surface area contributed by atoms with Crippen molar-refractivity contribution in [3.05, 3.63) is 65.8 Å². The maximum atomic E-state index is 12.0. The molecule has 1 N–H and O–H groups in total. The number of carbonyl (C=O) groups excluding carboxylic acids is 1. The number of fused-ring (bicyclic) bond motifs is 1. The first-order valence-electron chi connectivity index (χ1n) is 7.47. The van der Waals surface area contributed by atoms with E-state index in [1.165, 1.54) is 6.26 Å². The molecule has 0 aliphatic rings. The molecule has 6 heteroatoms. The predicted octanol–water partition coefficient (Wildman–Crippen LogP) is 4.39. The summed E-state index contributed by atoms with van der Waals surface area (Å²) in [6, 6.07) is 13.4. The highest BCUT2D eigenvalue weighted by Gasteiger charge is 2.14. The van der Waals surface area contributed by atoms with E-state index in [1.54, 1.807) is 17.4 Å². The first kappa shape index (κ1) is 14.7. The molecule has 4 rings (SSSR count). The lowest BCUT2D eigenvalue weighted by Gasteiger charge is -2.01. The van der Waals surface area contributed by atoms with E-state index < -0.39 is 0 Å². The smallest absolute Gasteiger partial charge is 0.287 e. The number of para-hydroxylation sites is 1. The Balaban J connectivity index is 1.48. The Morgan fingerprint density at radius 1 is 1.21 bits per heavy atom. The fourth-order valence-electron chi connectivity index (χ4n) is 2.42. The number of benzene rings is 1. The van der Waals surface area contributed by atoms with Gasteiger partial charge < -0.3 is 14.2 Å². The number of thiazole rings is 1. The van der Waals surface area contributed by atoms with Gasteiger partial charge in [-0.05, 0) is 37.3 Å². The number of carbonyl (C=O) groups is 1. The molecular weight excluding hydrogens is 324 g/mol. The van der Waals surface area contributed by atoms with Crippen molar-refractivity contribution in [1.29, 1.82) is 0 Å². The number of furan rings is 2. The highest BCUT2D eigenvalue weighted by atomic mass is 32.1. The molecule has 0 aliphatic heterocycles. The predicted molar refractivity (Wildman–Crippen MR) is 91.9 cm³/mol. The second-order valence-corrected chi connectivity index (χ2v) is 6.40. The van der Waals surface area contributed by atoms with E-state index in [2.05, 4.69) is 10.3 Å². The number of hydrogen-bond acceptors (Lipinski definition) is 5. The van der Waals surface area contributed by atoms with Gasteiger partial charge in [0.25, 0.3) is 5.91 Å². The molecule has 0 aliphatic carbocycles. The normalized spacial score (nSPS) is 11.0. The summed E-state index contributed by atoms with van der Waals surface area (Å²) in [6.07, 6.45) is 1.50. The highest BCUT2D eigenvalue weighted by Crippen LogP contribution is 2.31. The second-order valence-electron chi connectivity index (χ2n) is 5.37. The van der Waals surface area contributed by atoms with Gasteiger partial charge in [0.05, 0.1) is 23.0 Å². The van der Waals surface area contributed by atoms with Gasteiger partial charge in [0, 0.05) is 5.56 Å². The Morgan fingerprint density at radius 2 is 2.08 bits per heavy atom. The van der Waals surface area contributed by atoms with Crippen LogP contribution >= 0.6 is 11.3 Å². The lowest BCUT2D eigenvalue weighted by atomic mass is 10.2. The summed E-state index contributed by atoms with van der Waals surface area (Å²) in [7, 11) is 0. The minimum atomic E-state index is -0.254. The van der Waals surface area contributed by atoms with Crippen molar-refractivity contribution in [2.24, 2.45) is 0 Å². The van der Waals surface area contributed by atoms with Crippen LogP contribution < -0.4 is 5.32 Å². The molecule has 0 unspecified atom stereocenters. The van der Waals surface area contributed by atoms with E-state index in [9.17, 15) is 4.79 Å². The Morgan fingerprint density at radius 3 is 2.88 bits per heavy atom. The van der Waals surface area contributed by atoms with Gasteiger partial charge in [-0.15, -0.1) is 11.3 Å².